The molecule has 0 amide bonds. The molecule has 1 aromatic rings. The molecule has 14 heavy (non-hydrogen) atoms. The largest absolute Gasteiger partial charge is 0.389 e. The second-order valence-corrected chi connectivity index (χ2v) is 3.43. The molecular formula is C11H14O2S. The first kappa shape index (κ1) is 11.3. The van der Waals surface area contributed by atoms with Crippen LogP contribution in [0.1, 0.15) is 17.2 Å². The van der Waals surface area contributed by atoms with Crippen molar-refractivity contribution in [3.63, 3.8) is 0 Å². The summed E-state index contributed by atoms with van der Waals surface area (Å²) in [5.41, 5.74) is 1.68. The molecule has 0 aromatic heterocycles. The molecule has 2 nitrogen and oxygen atoms in total. The highest BCUT2D eigenvalue weighted by Gasteiger charge is 2.15. The molecule has 0 spiro atoms. The average Bonchev–Trinajstić information content (AvgIpc) is 2.27. The van der Waals surface area contributed by atoms with Crippen LogP contribution >= 0.6 is 12.6 Å². The summed E-state index contributed by atoms with van der Waals surface area (Å²) in [5.74, 6) is 0.240. The monoisotopic (exact) mass is 210 g/mol. The van der Waals surface area contributed by atoms with E-state index in [1.54, 1.807) is 18.2 Å². The van der Waals surface area contributed by atoms with Gasteiger partial charge >= 0.3 is 0 Å². The maximum Gasteiger partial charge on any atom is 0.106 e. The van der Waals surface area contributed by atoms with Gasteiger partial charge in [-0.05, 0) is 11.1 Å². The quantitative estimate of drug-likeness (QED) is 0.661. The maximum absolute atomic E-state index is 9.63. The molecule has 2 atom stereocenters. The number of thiol groups is 1. The van der Waals surface area contributed by atoms with E-state index in [1.165, 1.54) is 0 Å². The van der Waals surface area contributed by atoms with Crippen molar-refractivity contribution in [2.45, 2.75) is 12.2 Å². The fraction of sp³-hybridized carbons (Fsp3) is 0.273. The van der Waals surface area contributed by atoms with Gasteiger partial charge in [-0.2, -0.15) is 12.6 Å². The highest BCUT2D eigenvalue weighted by molar-refractivity contribution is 7.80. The fourth-order valence-corrected chi connectivity index (χ4v) is 1.35. The summed E-state index contributed by atoms with van der Waals surface area (Å²) in [6.07, 6.45) is 0.0323. The lowest BCUT2D eigenvalue weighted by Crippen LogP contribution is -2.19. The third-order valence-electron chi connectivity index (χ3n) is 2.07. The Labute approximate surface area is 89.3 Å². The summed E-state index contributed by atoms with van der Waals surface area (Å²) in [6.45, 7) is 3.63. The zero-order valence-corrected chi connectivity index (χ0v) is 8.69. The topological polar surface area (TPSA) is 40.5 Å². The van der Waals surface area contributed by atoms with Crippen molar-refractivity contribution < 1.29 is 10.2 Å². The molecule has 76 valence electrons. The summed E-state index contributed by atoms with van der Waals surface area (Å²) in [5, 5.41) is 19.0. The Morgan fingerprint density at radius 2 is 1.86 bits per heavy atom. The molecule has 0 radical (unpaired) electrons. The Hall–Kier alpha value is -0.770. The van der Waals surface area contributed by atoms with Crippen LogP contribution in [0.4, 0.5) is 0 Å². The van der Waals surface area contributed by atoms with Crippen LogP contribution in [0.3, 0.4) is 0 Å². The Morgan fingerprint density at radius 1 is 1.29 bits per heavy atom. The second kappa shape index (κ2) is 5.20. The Kier molecular flexibility index (Phi) is 4.20. The third kappa shape index (κ3) is 2.61. The van der Waals surface area contributed by atoms with Crippen LogP contribution in [0.15, 0.2) is 30.8 Å². The molecule has 0 heterocycles. The molecule has 0 saturated heterocycles. The van der Waals surface area contributed by atoms with E-state index in [0.717, 1.165) is 5.56 Å². The van der Waals surface area contributed by atoms with Gasteiger partial charge in [0.05, 0.1) is 6.10 Å². The van der Waals surface area contributed by atoms with Gasteiger partial charge in [-0.3, -0.25) is 0 Å². The number of hydrogen-bond acceptors (Lipinski definition) is 3. The van der Waals surface area contributed by atoms with Crippen molar-refractivity contribution >= 4 is 18.7 Å². The summed E-state index contributed by atoms with van der Waals surface area (Å²) in [6, 6.07) is 7.23. The van der Waals surface area contributed by atoms with E-state index in [1.807, 2.05) is 12.1 Å². The summed E-state index contributed by atoms with van der Waals surface area (Å²) in [7, 11) is 0. The first-order valence-corrected chi connectivity index (χ1v) is 5.01. The highest BCUT2D eigenvalue weighted by atomic mass is 32.1. The lowest BCUT2D eigenvalue weighted by Gasteiger charge is -2.15. The number of benzene rings is 1. The van der Waals surface area contributed by atoms with E-state index in [-0.39, 0.29) is 5.75 Å². The van der Waals surface area contributed by atoms with Gasteiger partial charge in [-0.25, -0.2) is 0 Å². The van der Waals surface area contributed by atoms with Gasteiger partial charge in [0.15, 0.2) is 0 Å². The van der Waals surface area contributed by atoms with E-state index < -0.39 is 12.2 Å². The van der Waals surface area contributed by atoms with Gasteiger partial charge in [-0.15, -0.1) is 0 Å². The maximum atomic E-state index is 9.63. The molecule has 0 fully saturated rings. The second-order valence-electron chi connectivity index (χ2n) is 3.07. The van der Waals surface area contributed by atoms with Crippen LogP contribution in [0.2, 0.25) is 0 Å². The molecular weight excluding hydrogens is 196 g/mol. The zero-order valence-electron chi connectivity index (χ0n) is 7.80. The van der Waals surface area contributed by atoms with Gasteiger partial charge < -0.3 is 10.2 Å². The van der Waals surface area contributed by atoms with Crippen molar-refractivity contribution in [2.75, 3.05) is 5.75 Å². The smallest absolute Gasteiger partial charge is 0.106 e. The van der Waals surface area contributed by atoms with Crippen LogP contribution in [-0.2, 0) is 0 Å². The van der Waals surface area contributed by atoms with Crippen molar-refractivity contribution in [2.24, 2.45) is 0 Å². The number of aliphatic hydroxyl groups is 2. The molecule has 1 rings (SSSR count). The predicted octanol–water partition coefficient (Wildman–Crippen LogP) is 1.65. The zero-order chi connectivity index (χ0) is 10.6. The molecule has 2 N–H and O–H groups in total. The predicted molar refractivity (Wildman–Crippen MR) is 61.4 cm³/mol. The summed E-state index contributed by atoms with van der Waals surface area (Å²) in [4.78, 5) is 0. The van der Waals surface area contributed by atoms with E-state index in [0.29, 0.717) is 5.56 Å². The van der Waals surface area contributed by atoms with Crippen molar-refractivity contribution in [3.8, 4) is 0 Å². The average molecular weight is 210 g/mol. The molecule has 0 aliphatic rings. The Bertz CT molecular complexity index is 295. The summed E-state index contributed by atoms with van der Waals surface area (Å²) >= 11 is 3.92. The molecule has 0 bridgehead atoms. The molecule has 3 heteroatoms. The first-order valence-electron chi connectivity index (χ1n) is 4.38. The van der Waals surface area contributed by atoms with E-state index in [9.17, 15) is 10.2 Å². The van der Waals surface area contributed by atoms with Crippen LogP contribution in [0.5, 0.6) is 0 Å². The number of rotatable bonds is 4. The highest BCUT2D eigenvalue weighted by Crippen LogP contribution is 2.18. The number of aliphatic hydroxyl groups excluding tert-OH is 2. The molecule has 0 aliphatic heterocycles. The lowest BCUT2D eigenvalue weighted by molar-refractivity contribution is 0.0337. The molecule has 0 saturated carbocycles. The van der Waals surface area contributed by atoms with E-state index in [4.69, 9.17) is 0 Å². The minimum absolute atomic E-state index is 0.240. The van der Waals surface area contributed by atoms with Gasteiger partial charge in [0.25, 0.3) is 0 Å². The van der Waals surface area contributed by atoms with E-state index in [2.05, 4.69) is 19.2 Å². The van der Waals surface area contributed by atoms with E-state index >= 15 is 0 Å². The van der Waals surface area contributed by atoms with Gasteiger partial charge in [-0.1, -0.05) is 36.9 Å². The standard InChI is InChI=1S/C11H14O2S/c1-2-8-3-5-9(6-4-8)11(13)10(12)7-14/h2-6,10-14H,1,7H2. The van der Waals surface area contributed by atoms with Gasteiger partial charge in [0.2, 0.25) is 0 Å². The third-order valence-corrected chi connectivity index (χ3v) is 2.44. The molecule has 2 unspecified atom stereocenters. The van der Waals surface area contributed by atoms with Gasteiger partial charge in [0, 0.05) is 5.75 Å². The van der Waals surface area contributed by atoms with Crippen molar-refractivity contribution in [1.29, 1.82) is 0 Å². The fourth-order valence-electron chi connectivity index (χ4n) is 1.15. The first-order chi connectivity index (χ1) is 6.69. The minimum Gasteiger partial charge on any atom is -0.389 e. The normalized spacial score (nSPS) is 14.8. The van der Waals surface area contributed by atoms with Crippen LogP contribution in [-0.4, -0.2) is 22.1 Å². The number of hydrogen-bond donors (Lipinski definition) is 3. The Morgan fingerprint density at radius 3 is 2.29 bits per heavy atom. The SMILES string of the molecule is C=Cc1ccc(C(O)C(O)CS)cc1. The molecule has 0 aliphatic carbocycles. The van der Waals surface area contributed by atoms with Crippen molar-refractivity contribution in [3.05, 3.63) is 42.0 Å². The summed E-state index contributed by atoms with van der Waals surface area (Å²) < 4.78 is 0. The van der Waals surface area contributed by atoms with Crippen LogP contribution in [0.25, 0.3) is 6.08 Å². The van der Waals surface area contributed by atoms with Crippen LogP contribution < -0.4 is 0 Å². The Balaban J connectivity index is 2.80. The molecule has 1 aromatic carbocycles. The van der Waals surface area contributed by atoms with Gasteiger partial charge in [0.1, 0.15) is 6.10 Å². The minimum atomic E-state index is -0.869. The van der Waals surface area contributed by atoms with Crippen molar-refractivity contribution in [1.82, 2.24) is 0 Å². The van der Waals surface area contributed by atoms with Crippen LogP contribution in [0, 0.1) is 0 Å². The lowest BCUT2D eigenvalue weighted by atomic mass is 10.0.